The number of nitrogens with zero attached hydrogens (tertiary/aromatic N) is 2. The number of methoxy groups -OCH3 is 1. The van der Waals surface area contributed by atoms with Crippen LogP contribution in [0, 0.1) is 5.41 Å². The monoisotopic (exact) mass is 302 g/mol. The molecular formula is C19H30N2O. The van der Waals surface area contributed by atoms with Crippen LogP contribution in [-0.4, -0.2) is 49.6 Å². The first kappa shape index (κ1) is 15.8. The van der Waals surface area contributed by atoms with E-state index in [9.17, 15) is 0 Å². The van der Waals surface area contributed by atoms with Crippen molar-refractivity contribution in [3.05, 3.63) is 29.8 Å². The lowest BCUT2D eigenvalue weighted by molar-refractivity contribution is 0.0874. The molecule has 22 heavy (non-hydrogen) atoms. The average Bonchev–Trinajstić information content (AvgIpc) is 2.90. The van der Waals surface area contributed by atoms with E-state index < -0.39 is 0 Å². The largest absolute Gasteiger partial charge is 0.497 e. The number of hydrogen-bond acceptors (Lipinski definition) is 3. The summed E-state index contributed by atoms with van der Waals surface area (Å²) in [7, 11) is 1.75. The van der Waals surface area contributed by atoms with Crippen LogP contribution in [0.25, 0.3) is 0 Å². The van der Waals surface area contributed by atoms with Crippen molar-refractivity contribution >= 4 is 0 Å². The van der Waals surface area contributed by atoms with Gasteiger partial charge in [0, 0.05) is 19.6 Å². The molecule has 0 radical (unpaired) electrons. The second-order valence-corrected chi connectivity index (χ2v) is 7.19. The van der Waals surface area contributed by atoms with E-state index in [4.69, 9.17) is 4.74 Å². The van der Waals surface area contributed by atoms with E-state index in [1.165, 1.54) is 64.0 Å². The summed E-state index contributed by atoms with van der Waals surface area (Å²) in [5.74, 6) is 0.971. The first-order valence-corrected chi connectivity index (χ1v) is 8.81. The van der Waals surface area contributed by atoms with Crippen LogP contribution in [-0.2, 0) is 6.54 Å². The normalized spacial score (nSPS) is 26.6. The molecule has 3 rings (SSSR count). The Kier molecular flexibility index (Phi) is 5.04. The maximum atomic E-state index is 5.35. The number of piperidine rings is 1. The molecule has 0 saturated carbocycles. The number of rotatable bonds is 5. The molecule has 3 heteroatoms. The van der Waals surface area contributed by atoms with Crippen LogP contribution in [0.15, 0.2) is 24.3 Å². The summed E-state index contributed by atoms with van der Waals surface area (Å²) < 4.78 is 5.35. The van der Waals surface area contributed by atoms with Gasteiger partial charge in [0.1, 0.15) is 5.75 Å². The Balaban J connectivity index is 1.61. The predicted molar refractivity (Wildman–Crippen MR) is 91.3 cm³/mol. The molecule has 0 unspecified atom stereocenters. The van der Waals surface area contributed by atoms with Crippen molar-refractivity contribution in [2.24, 2.45) is 5.41 Å². The summed E-state index contributed by atoms with van der Waals surface area (Å²) in [6.07, 6.45) is 5.44. The molecule has 122 valence electrons. The van der Waals surface area contributed by atoms with Crippen molar-refractivity contribution in [3.8, 4) is 5.75 Å². The van der Waals surface area contributed by atoms with Crippen molar-refractivity contribution < 1.29 is 4.74 Å². The molecule has 0 bridgehead atoms. The predicted octanol–water partition coefficient (Wildman–Crippen LogP) is 3.39. The molecule has 0 amide bonds. The second kappa shape index (κ2) is 7.01. The lowest BCUT2D eigenvalue weighted by Crippen LogP contribution is -2.44. The fourth-order valence-electron chi connectivity index (χ4n) is 4.34. The maximum Gasteiger partial charge on any atom is 0.119 e. The van der Waals surface area contributed by atoms with Crippen molar-refractivity contribution in [2.75, 3.05) is 39.8 Å². The zero-order valence-electron chi connectivity index (χ0n) is 14.2. The Morgan fingerprint density at radius 2 is 2.00 bits per heavy atom. The molecule has 2 fully saturated rings. The van der Waals surface area contributed by atoms with Gasteiger partial charge in [-0.05, 0) is 68.4 Å². The van der Waals surface area contributed by atoms with Gasteiger partial charge in [-0.2, -0.15) is 0 Å². The van der Waals surface area contributed by atoms with Crippen molar-refractivity contribution in [2.45, 2.75) is 39.2 Å². The van der Waals surface area contributed by atoms with Crippen LogP contribution in [0.5, 0.6) is 5.75 Å². The van der Waals surface area contributed by atoms with Gasteiger partial charge in [0.25, 0.3) is 0 Å². The van der Waals surface area contributed by atoms with Gasteiger partial charge in [-0.25, -0.2) is 0 Å². The lowest BCUT2D eigenvalue weighted by Gasteiger charge is -2.40. The first-order valence-electron chi connectivity index (χ1n) is 8.81. The van der Waals surface area contributed by atoms with Crippen molar-refractivity contribution in [1.82, 2.24) is 9.80 Å². The van der Waals surface area contributed by atoms with Gasteiger partial charge in [0.15, 0.2) is 0 Å². The molecule has 3 nitrogen and oxygen atoms in total. The topological polar surface area (TPSA) is 15.7 Å². The van der Waals surface area contributed by atoms with Gasteiger partial charge >= 0.3 is 0 Å². The van der Waals surface area contributed by atoms with Crippen LogP contribution in [0.3, 0.4) is 0 Å². The standard InChI is InChI=1S/C19H30N2O/c1-3-10-20-12-9-19(15-20)8-5-11-21(16-19)14-17-6-4-7-18(13-17)22-2/h4,6-7,13H,3,5,8-12,14-16H2,1-2H3/t19-/m0/s1. The molecule has 1 aromatic carbocycles. The van der Waals surface area contributed by atoms with Gasteiger partial charge in [-0.15, -0.1) is 0 Å². The highest BCUT2D eigenvalue weighted by Crippen LogP contribution is 2.39. The number of hydrogen-bond donors (Lipinski definition) is 0. The third-order valence-electron chi connectivity index (χ3n) is 5.34. The zero-order chi connectivity index (χ0) is 15.4. The van der Waals surface area contributed by atoms with Gasteiger partial charge in [-0.1, -0.05) is 19.1 Å². The highest BCUT2D eigenvalue weighted by molar-refractivity contribution is 5.28. The third kappa shape index (κ3) is 3.64. The molecule has 1 aromatic rings. The summed E-state index contributed by atoms with van der Waals surface area (Å²) >= 11 is 0. The lowest BCUT2D eigenvalue weighted by atomic mass is 9.79. The fourth-order valence-corrected chi connectivity index (χ4v) is 4.34. The summed E-state index contributed by atoms with van der Waals surface area (Å²) in [6, 6.07) is 8.54. The van der Waals surface area contributed by atoms with Crippen LogP contribution in [0.4, 0.5) is 0 Å². The molecule has 1 spiro atoms. The molecule has 2 aliphatic rings. The van der Waals surface area contributed by atoms with Gasteiger partial charge in [-0.3, -0.25) is 4.90 Å². The van der Waals surface area contributed by atoms with Gasteiger partial charge in [0.05, 0.1) is 7.11 Å². The molecule has 2 saturated heterocycles. The zero-order valence-corrected chi connectivity index (χ0v) is 14.2. The number of likely N-dealkylation sites (tertiary alicyclic amines) is 2. The molecule has 2 heterocycles. The second-order valence-electron chi connectivity index (χ2n) is 7.19. The number of benzene rings is 1. The Hall–Kier alpha value is -1.06. The Morgan fingerprint density at radius 1 is 1.14 bits per heavy atom. The molecular weight excluding hydrogens is 272 g/mol. The highest BCUT2D eigenvalue weighted by Gasteiger charge is 2.40. The first-order chi connectivity index (χ1) is 10.7. The minimum absolute atomic E-state index is 0.562. The summed E-state index contributed by atoms with van der Waals surface area (Å²) in [4.78, 5) is 5.34. The SMILES string of the molecule is CCCN1CC[C@@]2(CCCN(Cc3cccc(OC)c3)C2)C1. The smallest absolute Gasteiger partial charge is 0.119 e. The molecule has 0 N–H and O–H groups in total. The van der Waals surface area contributed by atoms with E-state index in [1.807, 2.05) is 6.07 Å². The van der Waals surface area contributed by atoms with E-state index in [0.717, 1.165) is 12.3 Å². The maximum absolute atomic E-state index is 5.35. The minimum Gasteiger partial charge on any atom is -0.497 e. The summed E-state index contributed by atoms with van der Waals surface area (Å²) in [5.41, 5.74) is 1.94. The van der Waals surface area contributed by atoms with E-state index in [1.54, 1.807) is 7.11 Å². The van der Waals surface area contributed by atoms with Crippen LogP contribution < -0.4 is 4.74 Å². The number of ether oxygens (including phenoxy) is 1. The summed E-state index contributed by atoms with van der Waals surface area (Å²) in [5, 5.41) is 0. The van der Waals surface area contributed by atoms with Crippen LogP contribution >= 0.6 is 0 Å². The Bertz CT molecular complexity index is 490. The quantitative estimate of drug-likeness (QED) is 0.829. The molecule has 0 aliphatic carbocycles. The van der Waals surface area contributed by atoms with Crippen molar-refractivity contribution in [3.63, 3.8) is 0 Å². The molecule has 0 aromatic heterocycles. The van der Waals surface area contributed by atoms with E-state index in [-0.39, 0.29) is 0 Å². The van der Waals surface area contributed by atoms with E-state index in [0.29, 0.717) is 5.41 Å². The third-order valence-corrected chi connectivity index (χ3v) is 5.34. The van der Waals surface area contributed by atoms with Crippen LogP contribution in [0.2, 0.25) is 0 Å². The Labute approximate surface area is 135 Å². The van der Waals surface area contributed by atoms with Gasteiger partial charge < -0.3 is 9.64 Å². The van der Waals surface area contributed by atoms with E-state index in [2.05, 4.69) is 34.9 Å². The highest BCUT2D eigenvalue weighted by atomic mass is 16.5. The fraction of sp³-hybridized carbons (Fsp3) is 0.684. The van der Waals surface area contributed by atoms with Gasteiger partial charge in [0.2, 0.25) is 0 Å². The summed E-state index contributed by atoms with van der Waals surface area (Å²) in [6.45, 7) is 9.76. The molecule has 2 aliphatic heterocycles. The van der Waals surface area contributed by atoms with E-state index >= 15 is 0 Å². The minimum atomic E-state index is 0.562. The molecule has 1 atom stereocenters. The average molecular weight is 302 g/mol. The van der Waals surface area contributed by atoms with Crippen LogP contribution in [0.1, 0.15) is 38.2 Å². The Morgan fingerprint density at radius 3 is 2.82 bits per heavy atom. The van der Waals surface area contributed by atoms with Crippen molar-refractivity contribution in [1.29, 1.82) is 0 Å².